The molecule has 5 nitrogen and oxygen atoms in total. The van der Waals surface area contributed by atoms with E-state index in [1.165, 1.54) is 0 Å². The van der Waals surface area contributed by atoms with Crippen LogP contribution in [0.5, 0.6) is 0 Å². The van der Waals surface area contributed by atoms with Crippen molar-refractivity contribution in [2.24, 2.45) is 7.05 Å². The van der Waals surface area contributed by atoms with Crippen LogP contribution in [0.15, 0.2) is 36.7 Å². The molecule has 0 aliphatic heterocycles. The number of aryl methyl sites for hydroxylation is 1. The van der Waals surface area contributed by atoms with Gasteiger partial charge in [-0.25, -0.2) is 0 Å². The van der Waals surface area contributed by atoms with E-state index in [4.69, 9.17) is 16.3 Å². The Morgan fingerprint density at radius 2 is 2.24 bits per heavy atom. The molecule has 0 aliphatic rings. The van der Waals surface area contributed by atoms with Gasteiger partial charge in [-0.1, -0.05) is 29.8 Å². The van der Waals surface area contributed by atoms with Crippen molar-refractivity contribution in [1.29, 1.82) is 0 Å². The summed E-state index contributed by atoms with van der Waals surface area (Å²) in [4.78, 5) is 0. The minimum absolute atomic E-state index is 0.269. The zero-order valence-electron chi connectivity index (χ0n) is 12.0. The molecule has 0 bridgehead atoms. The van der Waals surface area contributed by atoms with Gasteiger partial charge in [0, 0.05) is 36.9 Å². The lowest BCUT2D eigenvalue weighted by Gasteiger charge is -2.12. The Kier molecular flexibility index (Phi) is 6.20. The fraction of sp³-hybridized carbons (Fsp3) is 0.400. The second-order valence-electron chi connectivity index (χ2n) is 4.91. The number of rotatable bonds is 8. The number of nitrogens with one attached hydrogen (secondary N) is 1. The summed E-state index contributed by atoms with van der Waals surface area (Å²) in [6.45, 7) is 1.82. The monoisotopic (exact) mass is 309 g/mol. The van der Waals surface area contributed by atoms with Crippen LogP contribution in [0.4, 0.5) is 0 Å². The van der Waals surface area contributed by atoms with Crippen LogP contribution >= 0.6 is 11.6 Å². The highest BCUT2D eigenvalue weighted by molar-refractivity contribution is 6.31. The molecule has 6 heteroatoms. The van der Waals surface area contributed by atoms with Crippen LogP contribution in [-0.4, -0.2) is 34.1 Å². The standard InChI is InChI=1S/C15H20ClN3O2/c1-19-9-12(7-18-19)6-17-8-14(20)11-21-10-13-4-2-3-5-15(13)16/h2-5,7,9,14,17,20H,6,8,10-11H2,1H3. The number of aliphatic hydroxyl groups excluding tert-OH is 1. The van der Waals surface area contributed by atoms with Crippen molar-refractivity contribution >= 4 is 11.6 Å². The van der Waals surface area contributed by atoms with E-state index in [0.717, 1.165) is 11.1 Å². The van der Waals surface area contributed by atoms with Crippen LogP contribution < -0.4 is 5.32 Å². The normalized spacial score (nSPS) is 12.5. The molecule has 1 atom stereocenters. The van der Waals surface area contributed by atoms with E-state index in [1.807, 2.05) is 37.5 Å². The fourth-order valence-electron chi connectivity index (χ4n) is 1.93. The lowest BCUT2D eigenvalue weighted by Crippen LogP contribution is -2.30. The third kappa shape index (κ3) is 5.47. The van der Waals surface area contributed by atoms with Gasteiger partial charge in [-0.15, -0.1) is 0 Å². The van der Waals surface area contributed by atoms with Gasteiger partial charge in [0.1, 0.15) is 0 Å². The Bertz CT molecular complexity index is 559. The molecule has 0 amide bonds. The van der Waals surface area contributed by atoms with E-state index in [9.17, 15) is 5.11 Å². The number of aliphatic hydroxyl groups is 1. The largest absolute Gasteiger partial charge is 0.389 e. The van der Waals surface area contributed by atoms with Crippen molar-refractivity contribution in [3.05, 3.63) is 52.8 Å². The molecule has 0 saturated carbocycles. The number of hydrogen-bond acceptors (Lipinski definition) is 4. The Morgan fingerprint density at radius 1 is 1.43 bits per heavy atom. The maximum atomic E-state index is 9.84. The lowest BCUT2D eigenvalue weighted by atomic mass is 10.2. The van der Waals surface area contributed by atoms with Gasteiger partial charge in [0.25, 0.3) is 0 Å². The highest BCUT2D eigenvalue weighted by Gasteiger charge is 2.06. The third-order valence-corrected chi connectivity index (χ3v) is 3.36. The van der Waals surface area contributed by atoms with Crippen molar-refractivity contribution in [2.75, 3.05) is 13.2 Å². The van der Waals surface area contributed by atoms with Gasteiger partial charge in [0.15, 0.2) is 0 Å². The van der Waals surface area contributed by atoms with Crippen molar-refractivity contribution in [3.63, 3.8) is 0 Å². The number of aromatic nitrogens is 2. The molecule has 1 aromatic heterocycles. The molecule has 1 unspecified atom stereocenters. The van der Waals surface area contributed by atoms with Gasteiger partial charge in [-0.2, -0.15) is 5.10 Å². The second kappa shape index (κ2) is 8.14. The number of nitrogens with zero attached hydrogens (tertiary/aromatic N) is 2. The average Bonchev–Trinajstić information content (AvgIpc) is 2.87. The van der Waals surface area contributed by atoms with Crippen LogP contribution in [0.25, 0.3) is 0 Å². The number of hydrogen-bond donors (Lipinski definition) is 2. The molecule has 2 rings (SSSR count). The highest BCUT2D eigenvalue weighted by atomic mass is 35.5. The molecule has 0 radical (unpaired) electrons. The third-order valence-electron chi connectivity index (χ3n) is 2.99. The molecule has 1 heterocycles. The van der Waals surface area contributed by atoms with E-state index in [2.05, 4.69) is 10.4 Å². The van der Waals surface area contributed by atoms with Crippen molar-refractivity contribution in [1.82, 2.24) is 15.1 Å². The number of halogens is 1. The molecule has 2 N–H and O–H groups in total. The predicted molar refractivity (Wildman–Crippen MR) is 82.0 cm³/mol. The predicted octanol–water partition coefficient (Wildman–Crippen LogP) is 1.74. The molecule has 0 saturated heterocycles. The van der Waals surface area contributed by atoms with E-state index in [-0.39, 0.29) is 6.61 Å². The summed E-state index contributed by atoms with van der Waals surface area (Å²) in [7, 11) is 1.88. The minimum atomic E-state index is -0.552. The van der Waals surface area contributed by atoms with E-state index in [0.29, 0.717) is 24.7 Å². The highest BCUT2D eigenvalue weighted by Crippen LogP contribution is 2.15. The lowest BCUT2D eigenvalue weighted by molar-refractivity contribution is 0.0287. The second-order valence-corrected chi connectivity index (χ2v) is 5.32. The van der Waals surface area contributed by atoms with Crippen molar-refractivity contribution in [3.8, 4) is 0 Å². The summed E-state index contributed by atoms with van der Waals surface area (Å²) in [5, 5.41) is 17.8. The van der Waals surface area contributed by atoms with Gasteiger partial charge >= 0.3 is 0 Å². The Labute approximate surface area is 129 Å². The summed E-state index contributed by atoms with van der Waals surface area (Å²) in [6.07, 6.45) is 3.18. The first-order chi connectivity index (χ1) is 10.1. The smallest absolute Gasteiger partial charge is 0.0897 e. The molecule has 1 aromatic carbocycles. The van der Waals surface area contributed by atoms with Gasteiger partial charge < -0.3 is 15.2 Å². The first-order valence-corrected chi connectivity index (χ1v) is 7.20. The van der Waals surface area contributed by atoms with Crippen molar-refractivity contribution in [2.45, 2.75) is 19.3 Å². The maximum Gasteiger partial charge on any atom is 0.0897 e. The van der Waals surface area contributed by atoms with Crippen LogP contribution in [-0.2, 0) is 24.9 Å². The van der Waals surface area contributed by atoms with E-state index >= 15 is 0 Å². The topological polar surface area (TPSA) is 59.3 Å². The summed E-state index contributed by atoms with van der Waals surface area (Å²) in [5.41, 5.74) is 2.01. The van der Waals surface area contributed by atoms with Gasteiger partial charge in [-0.3, -0.25) is 4.68 Å². The quantitative estimate of drug-likeness (QED) is 0.780. The van der Waals surface area contributed by atoms with Gasteiger partial charge in [0.2, 0.25) is 0 Å². The zero-order chi connectivity index (χ0) is 15.1. The summed E-state index contributed by atoms with van der Waals surface area (Å²) in [6, 6.07) is 7.53. The first kappa shape index (κ1) is 16.0. The molecule has 0 aliphatic carbocycles. The summed E-state index contributed by atoms with van der Waals surface area (Å²) in [5.74, 6) is 0. The van der Waals surface area contributed by atoms with Crippen LogP contribution in [0.1, 0.15) is 11.1 Å². The van der Waals surface area contributed by atoms with Crippen LogP contribution in [0.3, 0.4) is 0 Å². The minimum Gasteiger partial charge on any atom is -0.389 e. The Morgan fingerprint density at radius 3 is 2.95 bits per heavy atom. The average molecular weight is 310 g/mol. The van der Waals surface area contributed by atoms with E-state index < -0.39 is 6.10 Å². The molecule has 114 valence electrons. The van der Waals surface area contributed by atoms with Gasteiger partial charge in [0.05, 0.1) is 25.5 Å². The number of ether oxygens (including phenoxy) is 1. The SMILES string of the molecule is Cn1cc(CNCC(O)COCc2ccccc2Cl)cn1. The molecule has 21 heavy (non-hydrogen) atoms. The first-order valence-electron chi connectivity index (χ1n) is 6.82. The molecular formula is C15H20ClN3O2. The number of benzene rings is 1. The molecule has 2 aromatic rings. The zero-order valence-corrected chi connectivity index (χ0v) is 12.8. The van der Waals surface area contributed by atoms with Crippen LogP contribution in [0, 0.1) is 0 Å². The maximum absolute atomic E-state index is 9.84. The fourth-order valence-corrected chi connectivity index (χ4v) is 2.12. The summed E-state index contributed by atoms with van der Waals surface area (Å²) >= 11 is 6.03. The van der Waals surface area contributed by atoms with Crippen LogP contribution in [0.2, 0.25) is 5.02 Å². The molecular weight excluding hydrogens is 290 g/mol. The van der Waals surface area contributed by atoms with Crippen molar-refractivity contribution < 1.29 is 9.84 Å². The Hall–Kier alpha value is -1.40. The molecule has 0 spiro atoms. The summed E-state index contributed by atoms with van der Waals surface area (Å²) < 4.78 is 7.23. The van der Waals surface area contributed by atoms with Gasteiger partial charge in [-0.05, 0) is 11.6 Å². The molecule has 0 fully saturated rings. The van der Waals surface area contributed by atoms with E-state index in [1.54, 1.807) is 10.9 Å². The Balaban J connectivity index is 1.61.